The van der Waals surface area contributed by atoms with E-state index in [1.165, 1.54) is 6.21 Å². The van der Waals surface area contributed by atoms with Crippen LogP contribution < -0.4 is 5.43 Å². The molecular formula is C25H20ClN7O. The molecule has 3 aromatic heterocycles. The summed E-state index contributed by atoms with van der Waals surface area (Å²) in [6, 6.07) is 22.8. The third kappa shape index (κ3) is 4.18. The van der Waals surface area contributed by atoms with Gasteiger partial charge in [-0.25, -0.2) is 15.1 Å². The van der Waals surface area contributed by atoms with Gasteiger partial charge in [0.25, 0.3) is 5.91 Å². The number of rotatable bonds is 6. The van der Waals surface area contributed by atoms with Crippen molar-refractivity contribution in [3.05, 3.63) is 95.4 Å². The molecule has 1 N–H and O–H groups in total. The monoisotopic (exact) mass is 469 g/mol. The van der Waals surface area contributed by atoms with Gasteiger partial charge in [-0.15, -0.1) is 0 Å². The average Bonchev–Trinajstić information content (AvgIpc) is 3.37. The Kier molecular flexibility index (Phi) is 5.88. The number of fused-ring (bicyclic) bond motifs is 1. The van der Waals surface area contributed by atoms with Gasteiger partial charge in [-0.3, -0.25) is 9.78 Å². The van der Waals surface area contributed by atoms with Crippen LogP contribution in [0.5, 0.6) is 0 Å². The van der Waals surface area contributed by atoms with E-state index >= 15 is 0 Å². The van der Waals surface area contributed by atoms with Crippen LogP contribution in [0.25, 0.3) is 28.2 Å². The van der Waals surface area contributed by atoms with Crippen LogP contribution in [0, 0.1) is 6.92 Å². The zero-order valence-electron chi connectivity index (χ0n) is 18.3. The van der Waals surface area contributed by atoms with Crippen LogP contribution in [0.4, 0.5) is 0 Å². The Morgan fingerprint density at radius 2 is 1.82 bits per heavy atom. The second kappa shape index (κ2) is 9.29. The van der Waals surface area contributed by atoms with E-state index in [1.54, 1.807) is 10.9 Å². The zero-order chi connectivity index (χ0) is 23.5. The van der Waals surface area contributed by atoms with Crippen LogP contribution in [0.1, 0.15) is 11.3 Å². The molecule has 0 saturated heterocycles. The predicted octanol–water partition coefficient (Wildman–Crippen LogP) is 4.40. The minimum atomic E-state index is -0.305. The van der Waals surface area contributed by atoms with E-state index in [2.05, 4.69) is 25.6 Å². The highest BCUT2D eigenvalue weighted by molar-refractivity contribution is 6.32. The molecule has 0 radical (unpaired) electrons. The molecule has 2 aromatic carbocycles. The first kappa shape index (κ1) is 21.5. The molecule has 9 heteroatoms. The van der Waals surface area contributed by atoms with E-state index in [-0.39, 0.29) is 12.5 Å². The fourth-order valence-electron chi connectivity index (χ4n) is 3.67. The smallest absolute Gasteiger partial charge is 0.260 e. The van der Waals surface area contributed by atoms with Gasteiger partial charge in [-0.2, -0.15) is 10.2 Å². The van der Waals surface area contributed by atoms with E-state index in [0.717, 1.165) is 16.7 Å². The number of nitrogens with one attached hydrogen (secondary N) is 1. The third-order valence-electron chi connectivity index (χ3n) is 5.28. The highest BCUT2D eigenvalue weighted by Crippen LogP contribution is 2.24. The maximum atomic E-state index is 12.8. The van der Waals surface area contributed by atoms with Gasteiger partial charge in [-0.05, 0) is 43.3 Å². The highest BCUT2D eigenvalue weighted by Gasteiger charge is 2.16. The maximum Gasteiger partial charge on any atom is 0.260 e. The summed E-state index contributed by atoms with van der Waals surface area (Å²) in [7, 11) is 0. The van der Waals surface area contributed by atoms with Gasteiger partial charge in [0.2, 0.25) is 0 Å². The van der Waals surface area contributed by atoms with Crippen molar-refractivity contribution in [1.82, 2.24) is 29.7 Å². The van der Waals surface area contributed by atoms with E-state index in [0.29, 0.717) is 27.9 Å². The molecule has 0 unspecified atom stereocenters. The maximum absolute atomic E-state index is 12.8. The second-order valence-corrected chi connectivity index (χ2v) is 7.91. The van der Waals surface area contributed by atoms with E-state index in [9.17, 15) is 4.79 Å². The van der Waals surface area contributed by atoms with Crippen LogP contribution in [0.3, 0.4) is 0 Å². The van der Waals surface area contributed by atoms with Crippen molar-refractivity contribution in [1.29, 1.82) is 0 Å². The molecule has 168 valence electrons. The SMILES string of the molecule is Cc1nn(-c2ccccc2)c(Cl)c1/C=N\NC(=O)Cn1c(-c2ccccn2)nc2ccccc21. The fourth-order valence-corrected chi connectivity index (χ4v) is 3.99. The van der Waals surface area contributed by atoms with Crippen LogP contribution >= 0.6 is 11.6 Å². The number of hydrogen-bond donors (Lipinski definition) is 1. The molecule has 0 aliphatic rings. The van der Waals surface area contributed by atoms with Crippen LogP contribution in [-0.4, -0.2) is 36.4 Å². The minimum Gasteiger partial charge on any atom is -0.313 e. The van der Waals surface area contributed by atoms with Gasteiger partial charge in [-0.1, -0.05) is 48.0 Å². The lowest BCUT2D eigenvalue weighted by molar-refractivity contribution is -0.121. The third-order valence-corrected chi connectivity index (χ3v) is 5.65. The standard InChI is InChI=1S/C25H20ClN7O/c1-17-19(24(26)33(31-17)18-9-3-2-4-10-18)15-28-30-23(34)16-32-22-13-6-5-11-20(22)29-25(32)21-12-7-8-14-27-21/h2-15H,16H2,1H3,(H,30,34)/b28-15-. The average molecular weight is 470 g/mol. The largest absolute Gasteiger partial charge is 0.313 e. The molecule has 5 aromatic rings. The number of para-hydroxylation sites is 3. The minimum absolute atomic E-state index is 0.0275. The Morgan fingerprint density at radius 1 is 1.06 bits per heavy atom. The summed E-state index contributed by atoms with van der Waals surface area (Å²) >= 11 is 6.53. The molecule has 34 heavy (non-hydrogen) atoms. The van der Waals surface area contributed by atoms with Crippen LogP contribution in [-0.2, 0) is 11.3 Å². The lowest BCUT2D eigenvalue weighted by Gasteiger charge is -2.07. The van der Waals surface area contributed by atoms with Crippen molar-refractivity contribution in [3.63, 3.8) is 0 Å². The van der Waals surface area contributed by atoms with Crippen molar-refractivity contribution in [2.45, 2.75) is 13.5 Å². The van der Waals surface area contributed by atoms with E-state index < -0.39 is 0 Å². The molecule has 1 amide bonds. The number of hydrazone groups is 1. The number of halogens is 1. The predicted molar refractivity (Wildman–Crippen MR) is 132 cm³/mol. The van der Waals surface area contributed by atoms with Crippen molar-refractivity contribution < 1.29 is 4.79 Å². The van der Waals surface area contributed by atoms with Crippen molar-refractivity contribution in [3.8, 4) is 17.2 Å². The van der Waals surface area contributed by atoms with Gasteiger partial charge >= 0.3 is 0 Å². The second-order valence-electron chi connectivity index (χ2n) is 7.56. The highest BCUT2D eigenvalue weighted by atomic mass is 35.5. The van der Waals surface area contributed by atoms with Gasteiger partial charge in [0, 0.05) is 6.20 Å². The quantitative estimate of drug-likeness (QED) is 0.295. The van der Waals surface area contributed by atoms with Gasteiger partial charge in [0.05, 0.1) is 34.2 Å². The molecule has 5 rings (SSSR count). The number of amides is 1. The first-order valence-corrected chi connectivity index (χ1v) is 11.0. The summed E-state index contributed by atoms with van der Waals surface area (Å²) in [6.45, 7) is 1.87. The Balaban J connectivity index is 1.37. The molecule has 0 bridgehead atoms. The van der Waals surface area contributed by atoms with Crippen molar-refractivity contribution >= 4 is 34.8 Å². The number of aryl methyl sites for hydroxylation is 1. The molecule has 8 nitrogen and oxygen atoms in total. The van der Waals surface area contributed by atoms with E-state index in [4.69, 9.17) is 11.6 Å². The van der Waals surface area contributed by atoms with Gasteiger partial charge < -0.3 is 4.57 Å². The lowest BCUT2D eigenvalue weighted by Crippen LogP contribution is -2.23. The van der Waals surface area contributed by atoms with Gasteiger partial charge in [0.15, 0.2) is 5.82 Å². The number of hydrogen-bond acceptors (Lipinski definition) is 5. The van der Waals surface area contributed by atoms with E-state index in [1.807, 2.05) is 84.3 Å². The fraction of sp³-hybridized carbons (Fsp3) is 0.0800. The van der Waals surface area contributed by atoms with Crippen molar-refractivity contribution in [2.75, 3.05) is 0 Å². The van der Waals surface area contributed by atoms with Crippen LogP contribution in [0.2, 0.25) is 5.15 Å². The Bertz CT molecular complexity index is 1490. The summed E-state index contributed by atoms with van der Waals surface area (Å²) < 4.78 is 3.46. The molecule has 0 spiro atoms. The molecule has 0 aliphatic heterocycles. The number of nitrogens with zero attached hydrogens (tertiary/aromatic N) is 6. The molecular weight excluding hydrogens is 450 g/mol. The summed E-state index contributed by atoms with van der Waals surface area (Å²) in [4.78, 5) is 21.8. The Morgan fingerprint density at radius 3 is 2.62 bits per heavy atom. The number of imidazole rings is 1. The van der Waals surface area contributed by atoms with Crippen LogP contribution in [0.15, 0.2) is 84.1 Å². The molecule has 0 saturated carbocycles. The molecule has 0 fully saturated rings. The summed E-state index contributed by atoms with van der Waals surface area (Å²) in [6.07, 6.45) is 3.21. The summed E-state index contributed by atoms with van der Waals surface area (Å²) in [5.41, 5.74) is 7.07. The number of benzene rings is 2. The molecule has 0 aliphatic carbocycles. The lowest BCUT2D eigenvalue weighted by atomic mass is 10.3. The summed E-state index contributed by atoms with van der Waals surface area (Å²) in [5, 5.41) is 9.02. The first-order valence-electron chi connectivity index (χ1n) is 10.6. The molecule has 3 heterocycles. The summed E-state index contributed by atoms with van der Waals surface area (Å²) in [5.74, 6) is 0.310. The Hall–Kier alpha value is -4.30. The Labute approximate surface area is 200 Å². The number of pyridine rings is 1. The van der Waals surface area contributed by atoms with Crippen molar-refractivity contribution in [2.24, 2.45) is 5.10 Å². The normalized spacial score (nSPS) is 11.4. The number of carbonyl (C=O) groups is 1. The number of aromatic nitrogens is 5. The van der Waals surface area contributed by atoms with Gasteiger partial charge in [0.1, 0.15) is 17.4 Å². The molecule has 0 atom stereocenters. The number of carbonyl (C=O) groups excluding carboxylic acids is 1. The first-order chi connectivity index (χ1) is 16.6. The zero-order valence-corrected chi connectivity index (χ0v) is 19.0. The topological polar surface area (TPSA) is 90.0 Å².